The van der Waals surface area contributed by atoms with Crippen LogP contribution in [0.3, 0.4) is 0 Å². The zero-order chi connectivity index (χ0) is 8.43. The lowest BCUT2D eigenvalue weighted by Gasteiger charge is -2.10. The van der Waals surface area contributed by atoms with Crippen molar-refractivity contribution in [2.45, 2.75) is 6.92 Å². The molecule has 0 spiro atoms. The van der Waals surface area contributed by atoms with Gasteiger partial charge in [-0.1, -0.05) is 11.6 Å². The van der Waals surface area contributed by atoms with Gasteiger partial charge in [0.2, 0.25) is 0 Å². The molecule has 0 aliphatic heterocycles. The maximum absolute atomic E-state index is 5.69. The van der Waals surface area contributed by atoms with Gasteiger partial charge in [-0.15, -0.1) is 0 Å². The zero-order valence-corrected chi connectivity index (χ0v) is 7.55. The zero-order valence-electron chi connectivity index (χ0n) is 6.80. The third-order valence-electron chi connectivity index (χ3n) is 1.33. The molecule has 0 saturated heterocycles. The molecule has 0 unspecified atom stereocenters. The van der Waals surface area contributed by atoms with Gasteiger partial charge in [-0.05, 0) is 6.92 Å². The summed E-state index contributed by atoms with van der Waals surface area (Å²) in [6.45, 7) is 1.84. The highest BCUT2D eigenvalue weighted by atomic mass is 35.5. The highest BCUT2D eigenvalue weighted by molar-refractivity contribution is 6.29. The van der Waals surface area contributed by atoms with Crippen molar-refractivity contribution in [1.29, 1.82) is 0 Å². The van der Waals surface area contributed by atoms with Gasteiger partial charge in [0.25, 0.3) is 0 Å². The van der Waals surface area contributed by atoms with E-state index in [2.05, 4.69) is 9.97 Å². The van der Waals surface area contributed by atoms with Gasteiger partial charge in [-0.3, -0.25) is 0 Å². The molecule has 0 amide bonds. The highest BCUT2D eigenvalue weighted by Crippen LogP contribution is 2.12. The molecule has 4 heteroatoms. The van der Waals surface area contributed by atoms with E-state index in [0.717, 1.165) is 11.5 Å². The van der Waals surface area contributed by atoms with Crippen LogP contribution < -0.4 is 4.90 Å². The van der Waals surface area contributed by atoms with Crippen LogP contribution in [-0.4, -0.2) is 24.1 Å². The molecule has 1 aromatic heterocycles. The Labute approximate surface area is 71.0 Å². The molecule has 1 heterocycles. The molecule has 0 bridgehead atoms. The van der Waals surface area contributed by atoms with Gasteiger partial charge in [-0.25, -0.2) is 9.97 Å². The van der Waals surface area contributed by atoms with Crippen molar-refractivity contribution in [2.75, 3.05) is 19.0 Å². The van der Waals surface area contributed by atoms with Gasteiger partial charge in [-0.2, -0.15) is 0 Å². The number of rotatable bonds is 1. The van der Waals surface area contributed by atoms with Crippen molar-refractivity contribution in [3.05, 3.63) is 17.0 Å². The first-order valence-electron chi connectivity index (χ1n) is 3.27. The monoisotopic (exact) mass is 171 g/mol. The lowest BCUT2D eigenvalue weighted by Crippen LogP contribution is -2.11. The number of halogens is 1. The Bertz CT molecular complexity index is 260. The molecular formula is C7H10ClN3. The fourth-order valence-electron chi connectivity index (χ4n) is 0.670. The molecule has 0 fully saturated rings. The van der Waals surface area contributed by atoms with Crippen LogP contribution in [0, 0.1) is 6.92 Å². The van der Waals surface area contributed by atoms with Gasteiger partial charge < -0.3 is 4.90 Å². The first-order valence-corrected chi connectivity index (χ1v) is 3.65. The Kier molecular flexibility index (Phi) is 2.29. The summed E-state index contributed by atoms with van der Waals surface area (Å²) in [6, 6.07) is 0. The lowest BCUT2D eigenvalue weighted by atomic mass is 10.5. The van der Waals surface area contributed by atoms with E-state index in [9.17, 15) is 0 Å². The maximum atomic E-state index is 5.69. The summed E-state index contributed by atoms with van der Waals surface area (Å²) in [5.74, 6) is 0.826. The van der Waals surface area contributed by atoms with E-state index in [4.69, 9.17) is 11.6 Å². The lowest BCUT2D eigenvalue weighted by molar-refractivity contribution is 1.01. The Hall–Kier alpha value is -0.830. The van der Waals surface area contributed by atoms with Gasteiger partial charge in [0.15, 0.2) is 0 Å². The SMILES string of the molecule is Cc1nc(N(C)C)cnc1Cl. The van der Waals surface area contributed by atoms with Crippen molar-refractivity contribution < 1.29 is 0 Å². The molecule has 0 aliphatic carbocycles. The topological polar surface area (TPSA) is 29.0 Å². The van der Waals surface area contributed by atoms with Crippen LogP contribution in [0.2, 0.25) is 5.15 Å². The van der Waals surface area contributed by atoms with Gasteiger partial charge in [0.05, 0.1) is 11.9 Å². The summed E-state index contributed by atoms with van der Waals surface area (Å²) in [7, 11) is 3.83. The first-order chi connectivity index (χ1) is 5.11. The number of nitrogens with zero attached hydrogens (tertiary/aromatic N) is 3. The largest absolute Gasteiger partial charge is 0.361 e. The van der Waals surface area contributed by atoms with Crippen LogP contribution in [0.15, 0.2) is 6.20 Å². The first kappa shape index (κ1) is 8.27. The number of aryl methyl sites for hydroxylation is 1. The van der Waals surface area contributed by atoms with Crippen LogP contribution in [0.5, 0.6) is 0 Å². The predicted octanol–water partition coefficient (Wildman–Crippen LogP) is 1.50. The van der Waals surface area contributed by atoms with Crippen molar-refractivity contribution in [3.8, 4) is 0 Å². The second-order valence-electron chi connectivity index (χ2n) is 2.50. The van der Waals surface area contributed by atoms with Crippen LogP contribution in [0.4, 0.5) is 5.82 Å². The van der Waals surface area contributed by atoms with E-state index in [1.165, 1.54) is 0 Å². The summed E-state index contributed by atoms with van der Waals surface area (Å²) >= 11 is 5.69. The second-order valence-corrected chi connectivity index (χ2v) is 2.86. The number of aromatic nitrogens is 2. The number of anilines is 1. The smallest absolute Gasteiger partial charge is 0.150 e. The molecule has 0 N–H and O–H groups in total. The highest BCUT2D eigenvalue weighted by Gasteiger charge is 2.00. The molecular weight excluding hydrogens is 162 g/mol. The molecule has 0 atom stereocenters. The summed E-state index contributed by atoms with van der Waals surface area (Å²) in [6.07, 6.45) is 1.65. The van der Waals surface area contributed by atoms with Crippen molar-refractivity contribution in [2.24, 2.45) is 0 Å². The second kappa shape index (κ2) is 3.05. The molecule has 60 valence electrons. The third kappa shape index (κ3) is 1.80. The van der Waals surface area contributed by atoms with E-state index in [1.54, 1.807) is 6.20 Å². The van der Waals surface area contributed by atoms with Crippen molar-refractivity contribution in [3.63, 3.8) is 0 Å². The summed E-state index contributed by atoms with van der Waals surface area (Å²) < 4.78 is 0. The minimum absolute atomic E-state index is 0.468. The Balaban J connectivity index is 3.05. The minimum atomic E-state index is 0.468. The summed E-state index contributed by atoms with van der Waals surface area (Å²) in [4.78, 5) is 10.1. The average Bonchev–Trinajstić information content (AvgIpc) is 1.94. The van der Waals surface area contributed by atoms with Gasteiger partial charge >= 0.3 is 0 Å². The summed E-state index contributed by atoms with van der Waals surface area (Å²) in [5.41, 5.74) is 0.762. The molecule has 3 nitrogen and oxygen atoms in total. The van der Waals surface area contributed by atoms with E-state index in [-0.39, 0.29) is 0 Å². The molecule has 0 aromatic carbocycles. The molecule has 11 heavy (non-hydrogen) atoms. The fraction of sp³-hybridized carbons (Fsp3) is 0.429. The van der Waals surface area contributed by atoms with Crippen LogP contribution in [0.1, 0.15) is 5.69 Å². The van der Waals surface area contributed by atoms with Gasteiger partial charge in [0, 0.05) is 14.1 Å². The Morgan fingerprint density at radius 3 is 2.55 bits per heavy atom. The quantitative estimate of drug-likeness (QED) is 0.642. The average molecular weight is 172 g/mol. The van der Waals surface area contributed by atoms with Crippen molar-refractivity contribution >= 4 is 17.4 Å². The van der Waals surface area contributed by atoms with Crippen molar-refractivity contribution in [1.82, 2.24) is 9.97 Å². The molecule has 0 aliphatic rings. The van der Waals surface area contributed by atoms with E-state index < -0.39 is 0 Å². The van der Waals surface area contributed by atoms with Crippen LogP contribution in [0.25, 0.3) is 0 Å². The fourth-order valence-corrected chi connectivity index (χ4v) is 0.761. The van der Waals surface area contributed by atoms with E-state index in [1.807, 2.05) is 25.9 Å². The normalized spacial score (nSPS) is 9.82. The van der Waals surface area contributed by atoms with Crippen LogP contribution in [-0.2, 0) is 0 Å². The molecule has 0 radical (unpaired) electrons. The van der Waals surface area contributed by atoms with E-state index in [0.29, 0.717) is 5.15 Å². The third-order valence-corrected chi connectivity index (χ3v) is 1.70. The maximum Gasteiger partial charge on any atom is 0.150 e. The molecule has 1 rings (SSSR count). The predicted molar refractivity (Wildman–Crippen MR) is 46.1 cm³/mol. The Morgan fingerprint density at radius 1 is 1.45 bits per heavy atom. The number of hydrogen-bond acceptors (Lipinski definition) is 3. The minimum Gasteiger partial charge on any atom is -0.361 e. The molecule has 1 aromatic rings. The summed E-state index contributed by atoms with van der Waals surface area (Å²) in [5, 5.41) is 0.468. The Morgan fingerprint density at radius 2 is 2.09 bits per heavy atom. The van der Waals surface area contributed by atoms with E-state index >= 15 is 0 Å². The number of hydrogen-bond donors (Lipinski definition) is 0. The standard InChI is InChI=1S/C7H10ClN3/c1-5-7(8)9-4-6(10-5)11(2)3/h4H,1-3H3. The molecule has 0 saturated carbocycles. The van der Waals surface area contributed by atoms with Gasteiger partial charge in [0.1, 0.15) is 11.0 Å². The van der Waals surface area contributed by atoms with Crippen LogP contribution >= 0.6 is 11.6 Å².